The Bertz CT molecular complexity index is 577. The van der Waals surface area contributed by atoms with Gasteiger partial charge in [0.2, 0.25) is 0 Å². The van der Waals surface area contributed by atoms with Crippen molar-refractivity contribution in [3.05, 3.63) is 70.5 Å². The van der Waals surface area contributed by atoms with Crippen LogP contribution in [-0.2, 0) is 12.8 Å². The number of benzene rings is 2. The third-order valence-corrected chi connectivity index (χ3v) is 3.81. The first kappa shape index (κ1) is 14.7. The van der Waals surface area contributed by atoms with Gasteiger partial charge in [0.25, 0.3) is 0 Å². The van der Waals surface area contributed by atoms with E-state index >= 15 is 0 Å². The van der Waals surface area contributed by atoms with Gasteiger partial charge >= 0.3 is 0 Å². The summed E-state index contributed by atoms with van der Waals surface area (Å²) in [6.45, 7) is 4.78. The van der Waals surface area contributed by atoms with Crippen LogP contribution in [0.5, 0.6) is 0 Å². The predicted octanol–water partition coefficient (Wildman–Crippen LogP) is 3.80. The molecule has 2 aromatic carbocycles. The lowest BCUT2D eigenvalue weighted by Crippen LogP contribution is -2.20. The van der Waals surface area contributed by atoms with Crippen LogP contribution in [0.1, 0.15) is 22.3 Å². The van der Waals surface area contributed by atoms with Gasteiger partial charge in [-0.25, -0.2) is 4.39 Å². The fourth-order valence-corrected chi connectivity index (χ4v) is 2.54. The van der Waals surface area contributed by atoms with Crippen LogP contribution in [-0.4, -0.2) is 6.54 Å². The highest BCUT2D eigenvalue weighted by atomic mass is 19.1. The fourth-order valence-electron chi connectivity index (χ4n) is 2.54. The van der Waals surface area contributed by atoms with Crippen molar-refractivity contribution in [2.45, 2.75) is 26.7 Å². The summed E-state index contributed by atoms with van der Waals surface area (Å²) in [5.41, 5.74) is 10.5. The maximum absolute atomic E-state index is 13.7. The van der Waals surface area contributed by atoms with E-state index in [0.717, 1.165) is 12.0 Å². The Kier molecular flexibility index (Phi) is 4.91. The molecule has 0 aliphatic heterocycles. The number of hydrogen-bond donors (Lipinski definition) is 1. The molecule has 1 atom stereocenters. The van der Waals surface area contributed by atoms with Gasteiger partial charge in [0.05, 0.1) is 0 Å². The Morgan fingerprint density at radius 3 is 2.40 bits per heavy atom. The molecule has 0 spiro atoms. The molecule has 0 amide bonds. The highest BCUT2D eigenvalue weighted by molar-refractivity contribution is 5.31. The average molecular weight is 271 g/mol. The van der Waals surface area contributed by atoms with Crippen molar-refractivity contribution >= 4 is 0 Å². The molecule has 0 heterocycles. The Morgan fingerprint density at radius 2 is 1.70 bits per heavy atom. The molecule has 0 fully saturated rings. The molecule has 106 valence electrons. The van der Waals surface area contributed by atoms with E-state index in [2.05, 4.69) is 32.0 Å². The van der Waals surface area contributed by atoms with Gasteiger partial charge in [-0.15, -0.1) is 0 Å². The molecule has 0 aromatic heterocycles. The zero-order valence-corrected chi connectivity index (χ0v) is 12.2. The van der Waals surface area contributed by atoms with E-state index < -0.39 is 0 Å². The standard InChI is InChI=1S/C18H22FN/c1-13-7-8-14(2)17(9-13)11-15(12-20)10-16-5-3-4-6-18(16)19/h3-9,15H,10-12,20H2,1-2H3. The Hall–Kier alpha value is -1.67. The zero-order valence-electron chi connectivity index (χ0n) is 12.2. The summed E-state index contributed by atoms with van der Waals surface area (Å²) in [5.74, 6) is 0.138. The Morgan fingerprint density at radius 1 is 1.00 bits per heavy atom. The van der Waals surface area contributed by atoms with Crippen LogP contribution in [0.4, 0.5) is 4.39 Å². The maximum Gasteiger partial charge on any atom is 0.126 e. The highest BCUT2D eigenvalue weighted by Crippen LogP contribution is 2.19. The molecular formula is C18H22FN. The second kappa shape index (κ2) is 6.67. The minimum absolute atomic E-state index is 0.132. The molecule has 0 aliphatic rings. The summed E-state index contributed by atoms with van der Waals surface area (Å²) < 4.78 is 13.7. The van der Waals surface area contributed by atoms with Crippen molar-refractivity contribution in [2.24, 2.45) is 11.7 Å². The van der Waals surface area contributed by atoms with Crippen molar-refractivity contribution in [1.29, 1.82) is 0 Å². The first-order chi connectivity index (χ1) is 9.60. The quantitative estimate of drug-likeness (QED) is 0.879. The third kappa shape index (κ3) is 3.67. The summed E-state index contributed by atoms with van der Waals surface area (Å²) >= 11 is 0. The topological polar surface area (TPSA) is 26.0 Å². The van der Waals surface area contributed by atoms with Crippen LogP contribution in [0.3, 0.4) is 0 Å². The zero-order chi connectivity index (χ0) is 14.5. The van der Waals surface area contributed by atoms with Crippen molar-refractivity contribution in [3.8, 4) is 0 Å². The second-order valence-corrected chi connectivity index (χ2v) is 5.53. The molecule has 2 N–H and O–H groups in total. The molecule has 20 heavy (non-hydrogen) atoms. The number of hydrogen-bond acceptors (Lipinski definition) is 1. The minimum atomic E-state index is -0.132. The lowest BCUT2D eigenvalue weighted by atomic mass is 9.90. The van der Waals surface area contributed by atoms with E-state index in [4.69, 9.17) is 5.73 Å². The summed E-state index contributed by atoms with van der Waals surface area (Å²) in [5, 5.41) is 0. The van der Waals surface area contributed by atoms with Crippen LogP contribution >= 0.6 is 0 Å². The number of rotatable bonds is 5. The largest absolute Gasteiger partial charge is 0.330 e. The van der Waals surface area contributed by atoms with E-state index in [0.29, 0.717) is 13.0 Å². The van der Waals surface area contributed by atoms with Crippen molar-refractivity contribution in [2.75, 3.05) is 6.54 Å². The van der Waals surface area contributed by atoms with Crippen LogP contribution in [0.2, 0.25) is 0 Å². The van der Waals surface area contributed by atoms with E-state index in [9.17, 15) is 4.39 Å². The number of aryl methyl sites for hydroxylation is 2. The van der Waals surface area contributed by atoms with Gasteiger partial charge in [-0.2, -0.15) is 0 Å². The molecule has 1 nitrogen and oxygen atoms in total. The first-order valence-electron chi connectivity index (χ1n) is 7.09. The van der Waals surface area contributed by atoms with Gasteiger partial charge in [-0.05, 0) is 61.9 Å². The van der Waals surface area contributed by atoms with Gasteiger partial charge in [-0.3, -0.25) is 0 Å². The van der Waals surface area contributed by atoms with Crippen LogP contribution in [0.25, 0.3) is 0 Å². The predicted molar refractivity (Wildman–Crippen MR) is 82.3 cm³/mol. The molecule has 2 aromatic rings. The van der Waals surface area contributed by atoms with E-state index in [1.165, 1.54) is 22.8 Å². The van der Waals surface area contributed by atoms with Crippen LogP contribution in [0.15, 0.2) is 42.5 Å². The molecular weight excluding hydrogens is 249 g/mol. The van der Waals surface area contributed by atoms with Crippen molar-refractivity contribution < 1.29 is 4.39 Å². The molecule has 0 bridgehead atoms. The van der Waals surface area contributed by atoms with Gasteiger partial charge in [0.1, 0.15) is 5.82 Å². The lowest BCUT2D eigenvalue weighted by molar-refractivity contribution is 0.511. The normalized spacial score (nSPS) is 12.4. The molecule has 2 heteroatoms. The molecule has 0 saturated carbocycles. The highest BCUT2D eigenvalue weighted by Gasteiger charge is 2.13. The molecule has 0 aliphatic carbocycles. The maximum atomic E-state index is 13.7. The third-order valence-electron chi connectivity index (χ3n) is 3.81. The molecule has 0 saturated heterocycles. The van der Waals surface area contributed by atoms with Gasteiger partial charge < -0.3 is 5.73 Å². The number of halogens is 1. The fraction of sp³-hybridized carbons (Fsp3) is 0.333. The van der Waals surface area contributed by atoms with Crippen molar-refractivity contribution in [1.82, 2.24) is 0 Å². The molecule has 1 unspecified atom stereocenters. The van der Waals surface area contributed by atoms with Crippen molar-refractivity contribution in [3.63, 3.8) is 0 Å². The van der Waals surface area contributed by atoms with Gasteiger partial charge in [-0.1, -0.05) is 42.0 Å². The Balaban J connectivity index is 2.13. The molecule has 0 radical (unpaired) electrons. The smallest absolute Gasteiger partial charge is 0.126 e. The summed E-state index contributed by atoms with van der Waals surface area (Å²) in [6.07, 6.45) is 1.59. The monoisotopic (exact) mass is 271 g/mol. The van der Waals surface area contributed by atoms with Gasteiger partial charge in [0.15, 0.2) is 0 Å². The van der Waals surface area contributed by atoms with Gasteiger partial charge in [0, 0.05) is 0 Å². The number of nitrogens with two attached hydrogens (primary N) is 1. The van der Waals surface area contributed by atoms with E-state index in [1.54, 1.807) is 6.07 Å². The second-order valence-electron chi connectivity index (χ2n) is 5.53. The van der Waals surface area contributed by atoms with Crippen LogP contribution < -0.4 is 5.73 Å². The van der Waals surface area contributed by atoms with E-state index in [1.807, 2.05) is 12.1 Å². The SMILES string of the molecule is Cc1ccc(C)c(CC(CN)Cc2ccccc2F)c1. The first-order valence-corrected chi connectivity index (χ1v) is 7.09. The summed E-state index contributed by atoms with van der Waals surface area (Å²) in [6, 6.07) is 13.4. The molecule has 2 rings (SSSR count). The summed E-state index contributed by atoms with van der Waals surface area (Å²) in [4.78, 5) is 0. The lowest BCUT2D eigenvalue weighted by Gasteiger charge is -2.17. The van der Waals surface area contributed by atoms with E-state index in [-0.39, 0.29) is 11.7 Å². The average Bonchev–Trinajstić information content (AvgIpc) is 2.44. The Labute approximate surface area is 120 Å². The van der Waals surface area contributed by atoms with Crippen LogP contribution in [0, 0.1) is 25.6 Å². The summed E-state index contributed by atoms with van der Waals surface area (Å²) in [7, 11) is 0. The minimum Gasteiger partial charge on any atom is -0.330 e.